The summed E-state index contributed by atoms with van der Waals surface area (Å²) in [6.07, 6.45) is 0.147. The fourth-order valence-corrected chi connectivity index (χ4v) is 2.47. The molecular formula is C17H27NO2. The Morgan fingerprint density at radius 3 is 2.60 bits per heavy atom. The topological polar surface area (TPSA) is 30.5 Å². The van der Waals surface area contributed by atoms with Crippen LogP contribution in [0.5, 0.6) is 0 Å². The van der Waals surface area contributed by atoms with E-state index in [1.807, 2.05) is 0 Å². The largest absolute Gasteiger partial charge is 0.374 e. The van der Waals surface area contributed by atoms with Crippen molar-refractivity contribution >= 4 is 0 Å². The third-order valence-electron chi connectivity index (χ3n) is 3.63. The van der Waals surface area contributed by atoms with Gasteiger partial charge in [0.2, 0.25) is 0 Å². The van der Waals surface area contributed by atoms with Gasteiger partial charge in [0.25, 0.3) is 0 Å². The molecule has 1 N–H and O–H groups in total. The molecule has 1 aromatic rings. The number of morpholine rings is 1. The van der Waals surface area contributed by atoms with Gasteiger partial charge in [-0.25, -0.2) is 0 Å². The average Bonchev–Trinajstić information content (AvgIpc) is 2.38. The normalized spacial score (nSPS) is 22.1. The van der Waals surface area contributed by atoms with E-state index in [0.29, 0.717) is 19.1 Å². The highest BCUT2D eigenvalue weighted by Gasteiger charge is 2.28. The predicted molar refractivity (Wildman–Crippen MR) is 82.0 cm³/mol. The third-order valence-corrected chi connectivity index (χ3v) is 3.63. The van der Waals surface area contributed by atoms with Gasteiger partial charge in [0.05, 0.1) is 24.9 Å². The van der Waals surface area contributed by atoms with Gasteiger partial charge in [0.1, 0.15) is 0 Å². The molecule has 0 aromatic heterocycles. The zero-order chi connectivity index (χ0) is 14.6. The lowest BCUT2D eigenvalue weighted by Gasteiger charge is -2.36. The van der Waals surface area contributed by atoms with Crippen LogP contribution in [0.4, 0.5) is 0 Å². The van der Waals surface area contributed by atoms with Gasteiger partial charge in [-0.15, -0.1) is 0 Å². The van der Waals surface area contributed by atoms with E-state index in [9.17, 15) is 0 Å². The number of hydrogen-bond donors (Lipinski definition) is 1. The standard InChI is InChI=1S/C17H27NO2/c1-13(2)15-7-5-14(6-8-15)10-19-11-16-9-18-12-17(3,4)20-16/h5-8,13,16,18H,9-12H2,1-4H3. The van der Waals surface area contributed by atoms with Gasteiger partial charge in [-0.3, -0.25) is 0 Å². The van der Waals surface area contributed by atoms with Gasteiger partial charge in [-0.2, -0.15) is 0 Å². The summed E-state index contributed by atoms with van der Waals surface area (Å²) < 4.78 is 11.8. The predicted octanol–water partition coefficient (Wildman–Crippen LogP) is 3.09. The van der Waals surface area contributed by atoms with E-state index < -0.39 is 0 Å². The molecule has 3 nitrogen and oxygen atoms in total. The Balaban J connectivity index is 1.75. The number of benzene rings is 1. The summed E-state index contributed by atoms with van der Waals surface area (Å²) in [5, 5.41) is 3.39. The quantitative estimate of drug-likeness (QED) is 0.897. The van der Waals surface area contributed by atoms with Gasteiger partial charge in [0, 0.05) is 13.1 Å². The van der Waals surface area contributed by atoms with Crippen LogP contribution >= 0.6 is 0 Å². The summed E-state index contributed by atoms with van der Waals surface area (Å²) in [7, 11) is 0. The van der Waals surface area contributed by atoms with E-state index in [1.54, 1.807) is 0 Å². The number of ether oxygens (including phenoxy) is 2. The molecule has 0 saturated carbocycles. The van der Waals surface area contributed by atoms with Gasteiger partial charge >= 0.3 is 0 Å². The molecule has 0 aliphatic carbocycles. The van der Waals surface area contributed by atoms with E-state index in [2.05, 4.69) is 57.3 Å². The molecule has 20 heavy (non-hydrogen) atoms. The van der Waals surface area contributed by atoms with Crippen LogP contribution in [-0.4, -0.2) is 31.4 Å². The lowest BCUT2D eigenvalue weighted by atomic mass is 10.0. The van der Waals surface area contributed by atoms with Crippen LogP contribution in [0, 0.1) is 0 Å². The lowest BCUT2D eigenvalue weighted by Crippen LogP contribution is -2.51. The Bertz CT molecular complexity index is 412. The molecule has 0 bridgehead atoms. The molecule has 1 atom stereocenters. The van der Waals surface area contributed by atoms with Crippen molar-refractivity contribution in [1.29, 1.82) is 0 Å². The molecule has 1 unspecified atom stereocenters. The Hall–Kier alpha value is -0.900. The van der Waals surface area contributed by atoms with Crippen LogP contribution in [0.25, 0.3) is 0 Å². The Labute approximate surface area is 122 Å². The Morgan fingerprint density at radius 1 is 1.30 bits per heavy atom. The molecule has 1 aliphatic heterocycles. The van der Waals surface area contributed by atoms with Crippen molar-refractivity contribution in [2.45, 2.75) is 51.9 Å². The van der Waals surface area contributed by atoms with Crippen LogP contribution in [0.1, 0.15) is 44.7 Å². The van der Waals surface area contributed by atoms with Crippen LogP contribution in [0.15, 0.2) is 24.3 Å². The lowest BCUT2D eigenvalue weighted by molar-refractivity contribution is -0.122. The van der Waals surface area contributed by atoms with E-state index >= 15 is 0 Å². The first-order valence-corrected chi connectivity index (χ1v) is 7.51. The van der Waals surface area contributed by atoms with Crippen molar-refractivity contribution in [3.8, 4) is 0 Å². The number of hydrogen-bond acceptors (Lipinski definition) is 3. The Kier molecular flexibility index (Phi) is 5.19. The average molecular weight is 277 g/mol. The second-order valence-corrected chi connectivity index (χ2v) is 6.54. The monoisotopic (exact) mass is 277 g/mol. The first-order chi connectivity index (χ1) is 9.46. The van der Waals surface area contributed by atoms with Crippen molar-refractivity contribution in [2.75, 3.05) is 19.7 Å². The first-order valence-electron chi connectivity index (χ1n) is 7.51. The summed E-state index contributed by atoms with van der Waals surface area (Å²) in [5.41, 5.74) is 2.50. The highest BCUT2D eigenvalue weighted by Crippen LogP contribution is 2.17. The third kappa shape index (κ3) is 4.58. The van der Waals surface area contributed by atoms with Gasteiger partial charge in [-0.05, 0) is 30.9 Å². The maximum Gasteiger partial charge on any atom is 0.0940 e. The summed E-state index contributed by atoms with van der Waals surface area (Å²) in [6.45, 7) is 11.7. The van der Waals surface area contributed by atoms with Crippen molar-refractivity contribution in [1.82, 2.24) is 5.32 Å². The molecule has 0 amide bonds. The molecule has 112 valence electrons. The molecule has 1 aromatic carbocycles. The van der Waals surface area contributed by atoms with Crippen molar-refractivity contribution in [3.63, 3.8) is 0 Å². The highest BCUT2D eigenvalue weighted by molar-refractivity contribution is 5.24. The summed E-state index contributed by atoms with van der Waals surface area (Å²) in [6, 6.07) is 8.68. The molecule has 3 heteroatoms. The van der Waals surface area contributed by atoms with E-state index in [0.717, 1.165) is 13.1 Å². The molecule has 2 rings (SSSR count). The highest BCUT2D eigenvalue weighted by atomic mass is 16.5. The summed E-state index contributed by atoms with van der Waals surface area (Å²) in [4.78, 5) is 0. The van der Waals surface area contributed by atoms with Gasteiger partial charge in [-0.1, -0.05) is 38.1 Å². The van der Waals surface area contributed by atoms with Gasteiger partial charge in [0.15, 0.2) is 0 Å². The van der Waals surface area contributed by atoms with Crippen LogP contribution < -0.4 is 5.32 Å². The molecule has 0 spiro atoms. The zero-order valence-electron chi connectivity index (χ0n) is 13.1. The fourth-order valence-electron chi connectivity index (χ4n) is 2.47. The first kappa shape index (κ1) is 15.5. The Morgan fingerprint density at radius 2 is 2.00 bits per heavy atom. The molecule has 1 heterocycles. The van der Waals surface area contributed by atoms with Crippen LogP contribution in [0.2, 0.25) is 0 Å². The van der Waals surface area contributed by atoms with E-state index in [1.165, 1.54) is 11.1 Å². The zero-order valence-corrected chi connectivity index (χ0v) is 13.1. The fraction of sp³-hybridized carbons (Fsp3) is 0.647. The van der Waals surface area contributed by atoms with Crippen LogP contribution in [0.3, 0.4) is 0 Å². The summed E-state index contributed by atoms with van der Waals surface area (Å²) in [5.74, 6) is 0.578. The van der Waals surface area contributed by atoms with Crippen molar-refractivity contribution in [3.05, 3.63) is 35.4 Å². The second kappa shape index (κ2) is 6.70. The molecular weight excluding hydrogens is 250 g/mol. The van der Waals surface area contributed by atoms with Crippen LogP contribution in [-0.2, 0) is 16.1 Å². The minimum absolute atomic E-state index is 0.0921. The maximum absolute atomic E-state index is 5.97. The van der Waals surface area contributed by atoms with E-state index in [-0.39, 0.29) is 11.7 Å². The summed E-state index contributed by atoms with van der Waals surface area (Å²) >= 11 is 0. The number of rotatable bonds is 5. The molecule has 1 aliphatic rings. The smallest absolute Gasteiger partial charge is 0.0940 e. The van der Waals surface area contributed by atoms with Crippen molar-refractivity contribution in [2.24, 2.45) is 0 Å². The minimum atomic E-state index is -0.0921. The molecule has 1 saturated heterocycles. The van der Waals surface area contributed by atoms with E-state index in [4.69, 9.17) is 9.47 Å². The molecule has 1 fully saturated rings. The maximum atomic E-state index is 5.97. The number of nitrogens with one attached hydrogen (secondary N) is 1. The van der Waals surface area contributed by atoms with Crippen molar-refractivity contribution < 1.29 is 9.47 Å². The van der Waals surface area contributed by atoms with Gasteiger partial charge < -0.3 is 14.8 Å². The second-order valence-electron chi connectivity index (χ2n) is 6.54. The SMILES string of the molecule is CC(C)c1ccc(COCC2CNCC(C)(C)O2)cc1. The molecule has 0 radical (unpaired) electrons. The minimum Gasteiger partial charge on any atom is -0.374 e.